The third-order valence-corrected chi connectivity index (χ3v) is 5.34. The summed E-state index contributed by atoms with van der Waals surface area (Å²) < 4.78 is 28.1. The van der Waals surface area contributed by atoms with Crippen LogP contribution >= 0.6 is 11.6 Å². The van der Waals surface area contributed by atoms with Crippen LogP contribution in [0.1, 0.15) is 5.56 Å². The van der Waals surface area contributed by atoms with Crippen LogP contribution in [0.3, 0.4) is 0 Å². The lowest BCUT2D eigenvalue weighted by Gasteiger charge is -2.12. The van der Waals surface area contributed by atoms with Gasteiger partial charge in [0, 0.05) is 35.2 Å². The van der Waals surface area contributed by atoms with E-state index in [1.54, 1.807) is 24.5 Å². The number of aromatic nitrogens is 1. The van der Waals surface area contributed by atoms with Gasteiger partial charge in [0.25, 0.3) is 15.7 Å². The Morgan fingerprint density at radius 3 is 2.41 bits per heavy atom. The van der Waals surface area contributed by atoms with E-state index in [9.17, 15) is 18.5 Å². The zero-order chi connectivity index (χ0) is 20.9. The highest BCUT2D eigenvalue weighted by Gasteiger charge is 2.22. The number of anilines is 2. The first-order valence-electron chi connectivity index (χ1n) is 8.11. The zero-order valence-electron chi connectivity index (χ0n) is 14.7. The van der Waals surface area contributed by atoms with Crippen molar-refractivity contribution in [1.82, 2.24) is 4.98 Å². The predicted molar refractivity (Wildman–Crippen MR) is 111 cm³/mol. The van der Waals surface area contributed by atoms with Gasteiger partial charge < -0.3 is 0 Å². The number of benzene rings is 2. The van der Waals surface area contributed by atoms with Gasteiger partial charge in [-0.3, -0.25) is 25.2 Å². The van der Waals surface area contributed by atoms with Crippen LogP contribution in [0.2, 0.25) is 5.02 Å². The lowest BCUT2D eigenvalue weighted by atomic mass is 10.3. The number of hydrogen-bond donors (Lipinski definition) is 2. The maximum absolute atomic E-state index is 12.8. The number of nitro groups is 1. The molecule has 0 atom stereocenters. The Labute approximate surface area is 171 Å². The molecular weight excluding hydrogens is 418 g/mol. The van der Waals surface area contributed by atoms with Crippen LogP contribution in [-0.4, -0.2) is 24.5 Å². The van der Waals surface area contributed by atoms with Crippen molar-refractivity contribution in [2.75, 3.05) is 10.1 Å². The van der Waals surface area contributed by atoms with Crippen molar-refractivity contribution in [2.45, 2.75) is 4.90 Å². The molecule has 0 spiro atoms. The third-order valence-electron chi connectivity index (χ3n) is 3.67. The molecule has 0 unspecified atom stereocenters. The second-order valence-corrected chi connectivity index (χ2v) is 7.79. The molecule has 0 fully saturated rings. The summed E-state index contributed by atoms with van der Waals surface area (Å²) in [5, 5.41) is 15.5. The third kappa shape index (κ3) is 5.27. The average molecular weight is 432 g/mol. The Bertz CT molecular complexity index is 1150. The van der Waals surface area contributed by atoms with Crippen LogP contribution in [0.4, 0.5) is 17.1 Å². The van der Waals surface area contributed by atoms with Crippen molar-refractivity contribution >= 4 is 44.9 Å². The zero-order valence-corrected chi connectivity index (χ0v) is 16.3. The van der Waals surface area contributed by atoms with Crippen molar-refractivity contribution < 1.29 is 13.3 Å². The van der Waals surface area contributed by atoms with E-state index in [-0.39, 0.29) is 22.0 Å². The number of hydrazone groups is 1. The minimum Gasteiger partial charge on any atom is -0.280 e. The largest absolute Gasteiger partial charge is 0.280 e. The maximum atomic E-state index is 12.8. The van der Waals surface area contributed by atoms with E-state index in [0.29, 0.717) is 5.02 Å². The van der Waals surface area contributed by atoms with E-state index in [4.69, 9.17) is 11.6 Å². The van der Waals surface area contributed by atoms with Gasteiger partial charge in [-0.2, -0.15) is 5.10 Å². The van der Waals surface area contributed by atoms with E-state index < -0.39 is 14.9 Å². The second-order valence-electron chi connectivity index (χ2n) is 5.70. The summed E-state index contributed by atoms with van der Waals surface area (Å²) in [6.45, 7) is 0. The highest BCUT2D eigenvalue weighted by Crippen LogP contribution is 2.28. The Kier molecular flexibility index (Phi) is 6.05. The molecular formula is C18H14ClN5O4S. The SMILES string of the molecule is O=[N+]([O-])c1ccc(NN=Cc2ccncc2)c(S(=O)(=O)Nc2ccc(Cl)cc2)c1. The van der Waals surface area contributed by atoms with Crippen LogP contribution in [0, 0.1) is 10.1 Å². The molecule has 3 aromatic rings. The van der Waals surface area contributed by atoms with E-state index in [2.05, 4.69) is 20.2 Å². The molecule has 3 rings (SSSR count). The first kappa shape index (κ1) is 20.2. The van der Waals surface area contributed by atoms with Gasteiger partial charge in [-0.1, -0.05) is 11.6 Å². The number of nitrogens with one attached hydrogen (secondary N) is 2. The summed E-state index contributed by atoms with van der Waals surface area (Å²) in [4.78, 5) is 14.0. The van der Waals surface area contributed by atoms with Gasteiger partial charge in [-0.15, -0.1) is 0 Å². The monoisotopic (exact) mass is 431 g/mol. The van der Waals surface area contributed by atoms with Crippen LogP contribution in [0.5, 0.6) is 0 Å². The van der Waals surface area contributed by atoms with E-state index in [1.807, 2.05) is 0 Å². The molecule has 0 saturated carbocycles. The summed E-state index contributed by atoms with van der Waals surface area (Å²) in [6, 6.07) is 12.8. The molecule has 0 aliphatic heterocycles. The number of nitrogens with zero attached hydrogens (tertiary/aromatic N) is 3. The number of rotatable bonds is 7. The molecule has 0 amide bonds. The smallest absolute Gasteiger partial charge is 0.270 e. The fraction of sp³-hybridized carbons (Fsp3) is 0. The fourth-order valence-electron chi connectivity index (χ4n) is 2.29. The number of halogens is 1. The number of pyridine rings is 1. The molecule has 9 nitrogen and oxygen atoms in total. The van der Waals surface area contributed by atoms with Gasteiger partial charge in [0.2, 0.25) is 0 Å². The van der Waals surface area contributed by atoms with Crippen LogP contribution in [0.25, 0.3) is 0 Å². The van der Waals surface area contributed by atoms with Crippen molar-refractivity contribution in [2.24, 2.45) is 5.10 Å². The van der Waals surface area contributed by atoms with Crippen LogP contribution < -0.4 is 10.1 Å². The first-order chi connectivity index (χ1) is 13.8. The minimum atomic E-state index is -4.15. The summed E-state index contributed by atoms with van der Waals surface area (Å²) in [7, 11) is -4.15. The fourth-order valence-corrected chi connectivity index (χ4v) is 3.65. The van der Waals surface area contributed by atoms with Gasteiger partial charge in [0.1, 0.15) is 4.90 Å². The van der Waals surface area contributed by atoms with Crippen LogP contribution in [0.15, 0.2) is 77.0 Å². The molecule has 0 radical (unpaired) electrons. The molecule has 11 heteroatoms. The normalized spacial score (nSPS) is 11.3. The van der Waals surface area contributed by atoms with Crippen molar-refractivity contribution in [3.63, 3.8) is 0 Å². The maximum Gasteiger partial charge on any atom is 0.270 e. The highest BCUT2D eigenvalue weighted by molar-refractivity contribution is 7.92. The molecule has 2 N–H and O–H groups in total. The van der Waals surface area contributed by atoms with Gasteiger partial charge >= 0.3 is 0 Å². The predicted octanol–water partition coefficient (Wildman–Crippen LogP) is 3.89. The van der Waals surface area contributed by atoms with Gasteiger partial charge in [0.05, 0.1) is 16.8 Å². The molecule has 0 bridgehead atoms. The summed E-state index contributed by atoms with van der Waals surface area (Å²) in [5.74, 6) is 0. The van der Waals surface area contributed by atoms with Gasteiger partial charge in [-0.05, 0) is 48.0 Å². The molecule has 0 aliphatic carbocycles. The first-order valence-corrected chi connectivity index (χ1v) is 9.97. The van der Waals surface area contributed by atoms with E-state index in [0.717, 1.165) is 11.6 Å². The molecule has 148 valence electrons. The number of sulfonamides is 1. The van der Waals surface area contributed by atoms with Crippen molar-refractivity contribution in [3.8, 4) is 0 Å². The topological polar surface area (TPSA) is 127 Å². The molecule has 1 heterocycles. The van der Waals surface area contributed by atoms with Crippen molar-refractivity contribution in [1.29, 1.82) is 0 Å². The van der Waals surface area contributed by atoms with Gasteiger partial charge in [-0.25, -0.2) is 8.42 Å². The second kappa shape index (κ2) is 8.67. The van der Waals surface area contributed by atoms with Crippen LogP contribution in [-0.2, 0) is 10.0 Å². The lowest BCUT2D eigenvalue weighted by molar-refractivity contribution is -0.385. The summed E-state index contributed by atoms with van der Waals surface area (Å²) >= 11 is 5.81. The Morgan fingerprint density at radius 1 is 1.07 bits per heavy atom. The Balaban J connectivity index is 1.93. The number of non-ortho nitro benzene ring substituents is 1. The molecule has 0 aliphatic rings. The standard InChI is InChI=1S/C18H14ClN5O4S/c19-14-1-3-15(4-2-14)23-29(27,28)18-11-16(24(25)26)5-6-17(18)22-21-12-13-7-9-20-10-8-13/h1-12,22-23H. The quantitative estimate of drug-likeness (QED) is 0.332. The molecule has 29 heavy (non-hydrogen) atoms. The van der Waals surface area contributed by atoms with Gasteiger partial charge in [0.15, 0.2) is 0 Å². The van der Waals surface area contributed by atoms with Crippen molar-refractivity contribution in [3.05, 3.63) is 87.7 Å². The number of hydrogen-bond acceptors (Lipinski definition) is 7. The van der Waals surface area contributed by atoms with E-state index in [1.165, 1.54) is 42.6 Å². The summed E-state index contributed by atoms with van der Waals surface area (Å²) in [5.41, 5.74) is 3.31. The molecule has 1 aromatic heterocycles. The Hall–Kier alpha value is -3.50. The van der Waals surface area contributed by atoms with E-state index >= 15 is 0 Å². The molecule has 0 saturated heterocycles. The number of nitro benzene ring substituents is 1. The summed E-state index contributed by atoms with van der Waals surface area (Å²) in [6.07, 6.45) is 4.63. The highest BCUT2D eigenvalue weighted by atomic mass is 35.5. The lowest BCUT2D eigenvalue weighted by Crippen LogP contribution is -2.15. The average Bonchev–Trinajstić information content (AvgIpc) is 2.70. The Morgan fingerprint density at radius 2 is 1.76 bits per heavy atom. The minimum absolute atomic E-state index is 0.0716. The molecule has 2 aromatic carbocycles.